The van der Waals surface area contributed by atoms with Crippen molar-refractivity contribution in [2.75, 3.05) is 12.4 Å². The van der Waals surface area contributed by atoms with E-state index in [9.17, 15) is 0 Å². The predicted octanol–water partition coefficient (Wildman–Crippen LogP) is 4.97. The largest absolute Gasteiger partial charge is 0.497 e. The average molecular weight is 341 g/mol. The molecule has 2 nitrogen and oxygen atoms in total. The highest BCUT2D eigenvalue weighted by Gasteiger charge is 2.27. The predicted molar refractivity (Wildman–Crippen MR) is 86.6 cm³/mol. The van der Waals surface area contributed by atoms with Crippen LogP contribution in [0.15, 0.2) is 24.3 Å². The first-order valence-electron chi connectivity index (χ1n) is 7.47. The molecule has 0 bridgehead atoms. The van der Waals surface area contributed by atoms with E-state index in [1.807, 2.05) is 12.1 Å². The Morgan fingerprint density at radius 3 is 2.20 bits per heavy atom. The lowest BCUT2D eigenvalue weighted by Gasteiger charge is -2.33. The molecule has 1 aromatic carbocycles. The number of halogens is 1. The van der Waals surface area contributed by atoms with Crippen molar-refractivity contribution in [3.05, 3.63) is 29.8 Å². The highest BCUT2D eigenvalue weighted by atomic mass is 79.9. The van der Waals surface area contributed by atoms with E-state index in [1.54, 1.807) is 7.11 Å². The fourth-order valence-corrected chi connectivity index (χ4v) is 3.77. The molecular formula is C17H25BrO2. The SMILES string of the molecule is COc1ccc(C(CBr)OC2CC(C)CC(C)C2)cc1. The molecule has 3 unspecified atom stereocenters. The molecule has 0 aliphatic heterocycles. The molecule has 1 aliphatic carbocycles. The summed E-state index contributed by atoms with van der Waals surface area (Å²) >= 11 is 3.59. The van der Waals surface area contributed by atoms with Gasteiger partial charge in [-0.15, -0.1) is 0 Å². The Balaban J connectivity index is 2.00. The standard InChI is InChI=1S/C17H25BrO2/c1-12-8-13(2)10-16(9-12)20-17(11-18)14-4-6-15(19-3)7-5-14/h4-7,12-13,16-17H,8-11H2,1-3H3. The maximum atomic E-state index is 6.35. The zero-order valence-corrected chi connectivity index (χ0v) is 14.2. The number of rotatable bonds is 5. The van der Waals surface area contributed by atoms with Crippen LogP contribution in [-0.4, -0.2) is 18.5 Å². The molecule has 112 valence electrons. The van der Waals surface area contributed by atoms with E-state index < -0.39 is 0 Å². The molecule has 20 heavy (non-hydrogen) atoms. The van der Waals surface area contributed by atoms with Crippen LogP contribution in [0.4, 0.5) is 0 Å². The normalized spacial score (nSPS) is 28.1. The summed E-state index contributed by atoms with van der Waals surface area (Å²) in [5, 5.41) is 0.832. The number of hydrogen-bond donors (Lipinski definition) is 0. The van der Waals surface area contributed by atoms with Crippen molar-refractivity contribution in [1.82, 2.24) is 0 Å². The van der Waals surface area contributed by atoms with Gasteiger partial charge in [0.15, 0.2) is 0 Å². The lowest BCUT2D eigenvalue weighted by molar-refractivity contribution is -0.0401. The second kappa shape index (κ2) is 7.46. The molecule has 0 N–H and O–H groups in total. The van der Waals surface area contributed by atoms with Gasteiger partial charge < -0.3 is 9.47 Å². The fourth-order valence-electron chi connectivity index (χ4n) is 3.24. The quantitative estimate of drug-likeness (QED) is 0.704. The summed E-state index contributed by atoms with van der Waals surface area (Å²) in [6, 6.07) is 8.20. The topological polar surface area (TPSA) is 18.5 Å². The van der Waals surface area contributed by atoms with Crippen molar-refractivity contribution >= 4 is 15.9 Å². The van der Waals surface area contributed by atoms with Crippen LogP contribution in [0.25, 0.3) is 0 Å². The van der Waals surface area contributed by atoms with E-state index in [0.717, 1.165) is 22.9 Å². The van der Waals surface area contributed by atoms with Crippen LogP contribution in [-0.2, 0) is 4.74 Å². The summed E-state index contributed by atoms with van der Waals surface area (Å²) < 4.78 is 11.6. The molecule has 0 heterocycles. The molecule has 1 aromatic rings. The molecule has 2 rings (SSSR count). The van der Waals surface area contributed by atoms with Gasteiger partial charge in [0.25, 0.3) is 0 Å². The maximum Gasteiger partial charge on any atom is 0.118 e. The monoisotopic (exact) mass is 340 g/mol. The van der Waals surface area contributed by atoms with Crippen LogP contribution < -0.4 is 4.74 Å². The van der Waals surface area contributed by atoms with Crippen molar-refractivity contribution in [3.8, 4) is 5.75 Å². The minimum Gasteiger partial charge on any atom is -0.497 e. The third-order valence-corrected chi connectivity index (χ3v) is 4.71. The van der Waals surface area contributed by atoms with Crippen LogP contribution in [0.3, 0.4) is 0 Å². The van der Waals surface area contributed by atoms with Crippen molar-refractivity contribution in [3.63, 3.8) is 0 Å². The van der Waals surface area contributed by atoms with E-state index in [0.29, 0.717) is 6.10 Å². The summed E-state index contributed by atoms with van der Waals surface area (Å²) in [6.07, 6.45) is 4.22. The smallest absolute Gasteiger partial charge is 0.118 e. The molecule has 3 atom stereocenters. The van der Waals surface area contributed by atoms with E-state index in [1.165, 1.54) is 24.8 Å². The Hall–Kier alpha value is -0.540. The van der Waals surface area contributed by atoms with Gasteiger partial charge in [-0.3, -0.25) is 0 Å². The number of methoxy groups -OCH3 is 1. The lowest BCUT2D eigenvalue weighted by atomic mass is 9.81. The van der Waals surface area contributed by atoms with Crippen LogP contribution in [0.1, 0.15) is 44.8 Å². The van der Waals surface area contributed by atoms with Gasteiger partial charge in [-0.25, -0.2) is 0 Å². The third-order valence-electron chi connectivity index (χ3n) is 4.12. The van der Waals surface area contributed by atoms with Crippen LogP contribution in [0.2, 0.25) is 0 Å². The van der Waals surface area contributed by atoms with Gasteiger partial charge >= 0.3 is 0 Å². The van der Waals surface area contributed by atoms with Gasteiger partial charge in [0.1, 0.15) is 5.75 Å². The van der Waals surface area contributed by atoms with Crippen molar-refractivity contribution < 1.29 is 9.47 Å². The minimum atomic E-state index is 0.128. The van der Waals surface area contributed by atoms with Gasteiger partial charge in [0.2, 0.25) is 0 Å². The van der Waals surface area contributed by atoms with Gasteiger partial charge in [-0.1, -0.05) is 41.9 Å². The zero-order chi connectivity index (χ0) is 14.5. The first-order chi connectivity index (χ1) is 9.62. The highest BCUT2D eigenvalue weighted by molar-refractivity contribution is 9.09. The molecule has 1 saturated carbocycles. The molecule has 0 aromatic heterocycles. The number of benzene rings is 1. The molecule has 1 aliphatic rings. The molecule has 3 heteroatoms. The van der Waals surface area contributed by atoms with E-state index in [4.69, 9.17) is 9.47 Å². The zero-order valence-electron chi connectivity index (χ0n) is 12.6. The second-order valence-electron chi connectivity index (χ2n) is 6.09. The first-order valence-corrected chi connectivity index (χ1v) is 8.59. The Bertz CT molecular complexity index is 394. The first kappa shape index (κ1) is 15.8. The number of ether oxygens (including phenoxy) is 2. The lowest BCUT2D eigenvalue weighted by Crippen LogP contribution is -2.28. The highest BCUT2D eigenvalue weighted by Crippen LogP contribution is 2.34. The summed E-state index contributed by atoms with van der Waals surface area (Å²) in [7, 11) is 1.69. The molecule has 0 amide bonds. The minimum absolute atomic E-state index is 0.128. The van der Waals surface area contributed by atoms with Gasteiger partial charge in [0.05, 0.1) is 19.3 Å². The Kier molecular flexibility index (Phi) is 5.91. The fraction of sp³-hybridized carbons (Fsp3) is 0.647. The Morgan fingerprint density at radius 2 is 1.70 bits per heavy atom. The summed E-state index contributed by atoms with van der Waals surface area (Å²) in [4.78, 5) is 0. The van der Waals surface area contributed by atoms with Crippen molar-refractivity contribution in [1.29, 1.82) is 0 Å². The summed E-state index contributed by atoms with van der Waals surface area (Å²) in [6.45, 7) is 4.67. The third kappa shape index (κ3) is 4.23. The van der Waals surface area contributed by atoms with Crippen LogP contribution in [0.5, 0.6) is 5.75 Å². The molecule has 0 spiro atoms. The van der Waals surface area contributed by atoms with Gasteiger partial charge in [-0.2, -0.15) is 0 Å². The summed E-state index contributed by atoms with van der Waals surface area (Å²) in [5.74, 6) is 2.44. The number of hydrogen-bond acceptors (Lipinski definition) is 2. The average Bonchev–Trinajstić information content (AvgIpc) is 2.44. The summed E-state index contributed by atoms with van der Waals surface area (Å²) in [5.41, 5.74) is 1.22. The molecule has 0 radical (unpaired) electrons. The van der Waals surface area contributed by atoms with Gasteiger partial charge in [-0.05, 0) is 48.8 Å². The van der Waals surface area contributed by atoms with Crippen LogP contribution in [0, 0.1) is 11.8 Å². The van der Waals surface area contributed by atoms with E-state index >= 15 is 0 Å². The van der Waals surface area contributed by atoms with Crippen LogP contribution >= 0.6 is 15.9 Å². The maximum absolute atomic E-state index is 6.35. The van der Waals surface area contributed by atoms with E-state index in [2.05, 4.69) is 41.9 Å². The van der Waals surface area contributed by atoms with Crippen molar-refractivity contribution in [2.24, 2.45) is 11.8 Å². The molecular weight excluding hydrogens is 316 g/mol. The number of alkyl halides is 1. The van der Waals surface area contributed by atoms with Crippen molar-refractivity contribution in [2.45, 2.75) is 45.3 Å². The van der Waals surface area contributed by atoms with Gasteiger partial charge in [0, 0.05) is 5.33 Å². The molecule has 1 fully saturated rings. The second-order valence-corrected chi connectivity index (χ2v) is 6.74. The van der Waals surface area contributed by atoms with E-state index in [-0.39, 0.29) is 6.10 Å². The molecule has 0 saturated heterocycles. The Morgan fingerprint density at radius 1 is 1.10 bits per heavy atom. The Labute approximate surface area is 131 Å².